The highest BCUT2D eigenvalue weighted by molar-refractivity contribution is 5.80. The van der Waals surface area contributed by atoms with Crippen LogP contribution in [0.2, 0.25) is 0 Å². The maximum Gasteiger partial charge on any atom is 0.249 e. The fourth-order valence-corrected chi connectivity index (χ4v) is 6.54. The van der Waals surface area contributed by atoms with E-state index in [0.29, 0.717) is 18.1 Å². The van der Waals surface area contributed by atoms with Crippen molar-refractivity contribution in [2.75, 3.05) is 33.3 Å². The Labute approximate surface area is 258 Å². The molecule has 0 aromatic carbocycles. The van der Waals surface area contributed by atoms with Crippen molar-refractivity contribution in [3.63, 3.8) is 0 Å². The second-order valence-corrected chi connectivity index (χ2v) is 12.8. The van der Waals surface area contributed by atoms with Crippen LogP contribution in [0.1, 0.15) is 39.0 Å². The Hall–Kier alpha value is -1.51. The number of hydrogen-bond donors (Lipinski definition) is 11. The van der Waals surface area contributed by atoms with Gasteiger partial charge in [-0.2, -0.15) is 0 Å². The van der Waals surface area contributed by atoms with Crippen LogP contribution in [0.25, 0.3) is 0 Å². The number of aliphatic hydroxyl groups excluding tert-OH is 3. The highest BCUT2D eigenvalue weighted by Gasteiger charge is 2.52. The fourth-order valence-electron chi connectivity index (χ4n) is 6.54. The van der Waals surface area contributed by atoms with Crippen molar-refractivity contribution in [2.45, 2.75) is 118 Å². The van der Waals surface area contributed by atoms with E-state index < -0.39 is 72.7 Å². The van der Waals surface area contributed by atoms with Crippen LogP contribution in [0.5, 0.6) is 0 Å². The molecule has 0 aromatic rings. The van der Waals surface area contributed by atoms with E-state index in [0.717, 1.165) is 19.4 Å². The van der Waals surface area contributed by atoms with Gasteiger partial charge in [-0.1, -0.05) is 0 Å². The van der Waals surface area contributed by atoms with Crippen molar-refractivity contribution in [2.24, 2.45) is 28.9 Å². The zero-order chi connectivity index (χ0) is 32.2. The first-order valence-electron chi connectivity index (χ1n) is 15.6. The first kappa shape index (κ1) is 35.3. The van der Waals surface area contributed by atoms with Gasteiger partial charge in [-0.15, -0.1) is 0 Å². The predicted molar refractivity (Wildman–Crippen MR) is 158 cm³/mol. The van der Waals surface area contributed by atoms with E-state index in [9.17, 15) is 25.2 Å². The van der Waals surface area contributed by atoms with Crippen molar-refractivity contribution in [1.29, 1.82) is 0 Å². The molecule has 0 bridgehead atoms. The van der Waals surface area contributed by atoms with Crippen molar-refractivity contribution < 1.29 is 44.2 Å². The molecule has 3 fully saturated rings. The first-order valence-corrected chi connectivity index (χ1v) is 15.6. The zero-order valence-electron chi connectivity index (χ0n) is 25.6. The Morgan fingerprint density at radius 2 is 1.82 bits per heavy atom. The Kier molecular flexibility index (Phi) is 12.4. The van der Waals surface area contributed by atoms with Gasteiger partial charge in [-0.05, 0) is 71.2 Å². The molecular formula is C28H53N7O9. The maximum atomic E-state index is 12.8. The Balaban J connectivity index is 1.52. The van der Waals surface area contributed by atoms with Crippen molar-refractivity contribution in [3.05, 3.63) is 11.8 Å². The van der Waals surface area contributed by atoms with E-state index in [-0.39, 0.29) is 44.6 Å². The van der Waals surface area contributed by atoms with Gasteiger partial charge in [-0.25, -0.2) is 0 Å². The number of aliphatic hydroxyl groups is 4. The zero-order valence-corrected chi connectivity index (χ0v) is 25.6. The lowest BCUT2D eigenvalue weighted by molar-refractivity contribution is -0.304. The average Bonchev–Trinajstić information content (AvgIpc) is 2.96. The summed E-state index contributed by atoms with van der Waals surface area (Å²) in [7, 11) is 1.59. The van der Waals surface area contributed by atoms with E-state index in [2.05, 4.69) is 16.0 Å². The summed E-state index contributed by atoms with van der Waals surface area (Å²) >= 11 is 0. The molecule has 0 spiro atoms. The van der Waals surface area contributed by atoms with Gasteiger partial charge in [-0.3, -0.25) is 4.79 Å². The number of ether oxygens (including phenoxy) is 4. The van der Waals surface area contributed by atoms with Gasteiger partial charge >= 0.3 is 0 Å². The molecule has 0 unspecified atom stereocenters. The Bertz CT molecular complexity index is 972. The summed E-state index contributed by atoms with van der Waals surface area (Å²) < 4.78 is 24.3. The molecule has 2 aliphatic heterocycles. The first-order chi connectivity index (χ1) is 20.9. The standard InChI is InChI=1S/C28H53N7O9/c1-28(40)12-41-27(21(38)24(28)33-2)44-23-18(35-25(39)19(36)5-6-29)9-16(32)22(20(23)37)43-26-17(4-3-15(10-30)42-26)34-11-13-7-14(31)8-13/h3,13-14,16-24,26-27,33-34,36-38,40H,4-12,29-32H2,1-2H3,(H,35,39)/t13?,14?,16-,17+,18+,19-,20-,21+,22+,23-,24+,26+,27+,28-/m0/s1. The molecule has 15 N–H and O–H groups in total. The molecular weight excluding hydrogens is 578 g/mol. The van der Waals surface area contributed by atoms with Gasteiger partial charge in [0.25, 0.3) is 0 Å². The Morgan fingerprint density at radius 1 is 1.11 bits per heavy atom. The molecule has 16 heteroatoms. The number of nitrogens with one attached hydrogen (secondary N) is 3. The number of carbonyl (C=O) groups is 1. The number of likely N-dealkylation sites (N-methyl/N-ethyl adjacent to an activating group) is 1. The highest BCUT2D eigenvalue weighted by Crippen LogP contribution is 2.33. The normalized spacial score (nSPS) is 43.4. The van der Waals surface area contributed by atoms with Gasteiger partial charge in [0.1, 0.15) is 41.9 Å². The number of rotatable bonds is 13. The van der Waals surface area contributed by atoms with Crippen LogP contribution in [-0.4, -0.2) is 139 Å². The van der Waals surface area contributed by atoms with Crippen LogP contribution in [0.15, 0.2) is 11.8 Å². The molecule has 1 amide bonds. The van der Waals surface area contributed by atoms with Crippen LogP contribution >= 0.6 is 0 Å². The maximum absolute atomic E-state index is 12.8. The third-order valence-electron chi connectivity index (χ3n) is 9.15. The number of amides is 1. The van der Waals surface area contributed by atoms with Crippen molar-refractivity contribution >= 4 is 5.91 Å². The molecule has 1 saturated heterocycles. The lowest BCUT2D eigenvalue weighted by atomic mass is 9.81. The molecule has 4 aliphatic rings. The van der Waals surface area contributed by atoms with E-state index >= 15 is 0 Å². The lowest BCUT2D eigenvalue weighted by Gasteiger charge is -2.49. The second-order valence-electron chi connectivity index (χ2n) is 12.8. The van der Waals surface area contributed by atoms with Crippen molar-refractivity contribution in [1.82, 2.24) is 16.0 Å². The summed E-state index contributed by atoms with van der Waals surface area (Å²) in [5.41, 5.74) is 22.4. The minimum absolute atomic E-state index is 0.0327. The average molecular weight is 632 g/mol. The molecule has 16 nitrogen and oxygen atoms in total. The monoisotopic (exact) mass is 631 g/mol. The number of carbonyl (C=O) groups excluding carboxylic acids is 1. The molecule has 2 saturated carbocycles. The molecule has 2 aliphatic carbocycles. The van der Waals surface area contributed by atoms with Gasteiger partial charge in [0.15, 0.2) is 6.29 Å². The minimum Gasteiger partial charge on any atom is -0.467 e. The summed E-state index contributed by atoms with van der Waals surface area (Å²) in [5, 5.41) is 52.7. The van der Waals surface area contributed by atoms with Gasteiger partial charge < -0.3 is 78.3 Å². The lowest BCUT2D eigenvalue weighted by Crippen LogP contribution is -2.69. The van der Waals surface area contributed by atoms with Crippen LogP contribution < -0.4 is 38.9 Å². The van der Waals surface area contributed by atoms with Crippen LogP contribution in [-0.2, 0) is 23.7 Å². The van der Waals surface area contributed by atoms with Crippen LogP contribution in [0.3, 0.4) is 0 Å². The SMILES string of the molecule is CN[C@@H]1[C@@H](O)[C@@H](O[C@@H]2[C@@H](O)[C@H](O[C@H]3OC(CN)=CC[C@H]3NCC3CC(N)C3)[C@@H](N)C[C@H]2NC(=O)[C@@H](O)CCN)OC[C@]1(C)O. The van der Waals surface area contributed by atoms with E-state index in [1.165, 1.54) is 6.92 Å². The van der Waals surface area contributed by atoms with E-state index in [1.54, 1.807) is 7.05 Å². The molecule has 4 rings (SSSR count). The largest absolute Gasteiger partial charge is 0.467 e. The van der Waals surface area contributed by atoms with E-state index in [4.69, 9.17) is 41.9 Å². The molecule has 0 aromatic heterocycles. The Morgan fingerprint density at radius 3 is 2.45 bits per heavy atom. The van der Waals surface area contributed by atoms with Crippen molar-refractivity contribution in [3.8, 4) is 0 Å². The summed E-state index contributed by atoms with van der Waals surface area (Å²) in [6, 6.07) is -2.53. The third-order valence-corrected chi connectivity index (χ3v) is 9.15. The quantitative estimate of drug-likeness (QED) is 0.0912. The van der Waals surface area contributed by atoms with Gasteiger partial charge in [0.2, 0.25) is 12.2 Å². The van der Waals surface area contributed by atoms with Gasteiger partial charge in [0.05, 0.1) is 31.3 Å². The predicted octanol–water partition coefficient (Wildman–Crippen LogP) is -4.62. The van der Waals surface area contributed by atoms with Gasteiger partial charge in [0, 0.05) is 12.1 Å². The van der Waals surface area contributed by atoms with Crippen LogP contribution in [0, 0.1) is 5.92 Å². The summed E-state index contributed by atoms with van der Waals surface area (Å²) in [6.45, 7) is 2.34. The molecule has 0 radical (unpaired) electrons. The van der Waals surface area contributed by atoms with Crippen LogP contribution in [0.4, 0.5) is 0 Å². The fraction of sp³-hybridized carbons (Fsp3) is 0.893. The summed E-state index contributed by atoms with van der Waals surface area (Å²) in [4.78, 5) is 12.8. The molecule has 44 heavy (non-hydrogen) atoms. The second kappa shape index (κ2) is 15.4. The molecule has 254 valence electrons. The highest BCUT2D eigenvalue weighted by atomic mass is 16.7. The minimum atomic E-state index is -1.43. The molecule has 12 atom stereocenters. The summed E-state index contributed by atoms with van der Waals surface area (Å²) in [5.74, 6) is 0.296. The number of hydrogen-bond acceptors (Lipinski definition) is 15. The third kappa shape index (κ3) is 8.25. The number of nitrogens with two attached hydrogens (primary N) is 4. The summed E-state index contributed by atoms with van der Waals surface area (Å²) in [6.07, 6.45) is -3.98. The molecule has 2 heterocycles. The topological polar surface area (TPSA) is 275 Å². The smallest absolute Gasteiger partial charge is 0.249 e. The van der Waals surface area contributed by atoms with E-state index in [1.807, 2.05) is 6.08 Å².